The van der Waals surface area contributed by atoms with E-state index in [4.69, 9.17) is 13.7 Å². The van der Waals surface area contributed by atoms with Crippen LogP contribution in [0.4, 0.5) is 0 Å². The molecule has 9 heteroatoms. The molecule has 3 aliphatic rings. The highest BCUT2D eigenvalue weighted by molar-refractivity contribution is 7.87. The molecule has 3 fully saturated rings. The molecule has 24 heavy (non-hydrogen) atoms. The molecule has 0 radical (unpaired) electrons. The van der Waals surface area contributed by atoms with Crippen LogP contribution in [0.2, 0.25) is 0 Å². The van der Waals surface area contributed by atoms with E-state index in [2.05, 4.69) is 11.3 Å². The molecule has 8 nitrogen and oxygen atoms in total. The molecule has 2 saturated carbocycles. The zero-order chi connectivity index (χ0) is 17.5. The van der Waals surface area contributed by atoms with E-state index in [-0.39, 0.29) is 30.7 Å². The third kappa shape index (κ3) is 2.96. The number of hydrogen-bond donors (Lipinski definition) is 0. The minimum absolute atomic E-state index is 0.00846. The van der Waals surface area contributed by atoms with Crippen LogP contribution in [0, 0.1) is 11.3 Å². The average molecular weight is 360 g/mol. The SMILES string of the molecule is C=CC(=O)OCC(=O)OCCOC1C2OS(=O)(=O)C3CC1(C)CC23. The zero-order valence-electron chi connectivity index (χ0n) is 13.3. The van der Waals surface area contributed by atoms with Crippen LogP contribution in [0.3, 0.4) is 0 Å². The van der Waals surface area contributed by atoms with Crippen LogP contribution in [0.1, 0.15) is 19.8 Å². The Morgan fingerprint density at radius 2 is 2.04 bits per heavy atom. The minimum Gasteiger partial charge on any atom is -0.461 e. The van der Waals surface area contributed by atoms with Crippen molar-refractivity contribution in [2.24, 2.45) is 11.3 Å². The lowest BCUT2D eigenvalue weighted by Crippen LogP contribution is -2.41. The van der Waals surface area contributed by atoms with Gasteiger partial charge in [-0.15, -0.1) is 0 Å². The first kappa shape index (κ1) is 17.4. The Hall–Kier alpha value is -1.45. The molecule has 0 aromatic rings. The second kappa shape index (κ2) is 6.12. The van der Waals surface area contributed by atoms with E-state index in [9.17, 15) is 18.0 Å². The van der Waals surface area contributed by atoms with Crippen LogP contribution < -0.4 is 0 Å². The summed E-state index contributed by atoms with van der Waals surface area (Å²) in [4.78, 5) is 22.2. The third-order valence-corrected chi connectivity index (χ3v) is 6.76. The maximum Gasteiger partial charge on any atom is 0.344 e. The number of esters is 2. The van der Waals surface area contributed by atoms with Gasteiger partial charge < -0.3 is 14.2 Å². The van der Waals surface area contributed by atoms with Gasteiger partial charge in [0.15, 0.2) is 6.61 Å². The van der Waals surface area contributed by atoms with Crippen molar-refractivity contribution in [3.05, 3.63) is 12.7 Å². The molecule has 5 atom stereocenters. The fraction of sp³-hybridized carbons (Fsp3) is 0.733. The topological polar surface area (TPSA) is 105 Å². The van der Waals surface area contributed by atoms with Gasteiger partial charge in [0.2, 0.25) is 0 Å². The monoisotopic (exact) mass is 360 g/mol. The van der Waals surface area contributed by atoms with Crippen molar-refractivity contribution >= 4 is 22.1 Å². The van der Waals surface area contributed by atoms with E-state index in [0.717, 1.165) is 12.5 Å². The van der Waals surface area contributed by atoms with Gasteiger partial charge in [-0.05, 0) is 18.3 Å². The van der Waals surface area contributed by atoms with E-state index < -0.39 is 40.0 Å². The van der Waals surface area contributed by atoms with E-state index in [0.29, 0.717) is 6.42 Å². The quantitative estimate of drug-likeness (QED) is 0.274. The zero-order valence-corrected chi connectivity index (χ0v) is 14.1. The molecular formula is C15H20O8S. The summed E-state index contributed by atoms with van der Waals surface area (Å²) in [6, 6.07) is 0. The standard InChI is InChI=1S/C15H20O8S/c1-3-11(16)22-8-12(17)20-4-5-21-14-13-9-6-15(14,2)7-10(9)24(18,19)23-13/h3,9-10,13-14H,1,4-8H2,2H3. The molecule has 2 bridgehead atoms. The molecule has 1 heterocycles. The van der Waals surface area contributed by atoms with Gasteiger partial charge >= 0.3 is 11.9 Å². The summed E-state index contributed by atoms with van der Waals surface area (Å²) in [7, 11) is -3.49. The summed E-state index contributed by atoms with van der Waals surface area (Å²) in [5.41, 5.74) is -0.229. The van der Waals surface area contributed by atoms with Crippen molar-refractivity contribution in [3.8, 4) is 0 Å². The average Bonchev–Trinajstić information content (AvgIpc) is 3.06. The van der Waals surface area contributed by atoms with Gasteiger partial charge in [-0.3, -0.25) is 4.18 Å². The summed E-state index contributed by atoms with van der Waals surface area (Å²) in [6.07, 6.45) is 1.49. The first-order valence-corrected chi connectivity index (χ1v) is 9.22. The predicted octanol–water partition coefficient (Wildman–Crippen LogP) is 0.171. The summed E-state index contributed by atoms with van der Waals surface area (Å²) < 4.78 is 44.3. The summed E-state index contributed by atoms with van der Waals surface area (Å²) >= 11 is 0. The van der Waals surface area contributed by atoms with E-state index in [1.165, 1.54) is 0 Å². The molecule has 134 valence electrons. The highest BCUT2D eigenvalue weighted by Gasteiger charge is 2.69. The Labute approximate surface area is 140 Å². The lowest BCUT2D eigenvalue weighted by Gasteiger charge is -2.32. The highest BCUT2D eigenvalue weighted by atomic mass is 32.2. The molecule has 2 aliphatic carbocycles. The predicted molar refractivity (Wildman–Crippen MR) is 80.3 cm³/mol. The van der Waals surface area contributed by atoms with Gasteiger partial charge in [0.05, 0.1) is 18.0 Å². The Kier molecular flexibility index (Phi) is 4.43. The van der Waals surface area contributed by atoms with Crippen LogP contribution in [0.5, 0.6) is 0 Å². The molecule has 1 saturated heterocycles. The molecule has 5 unspecified atom stereocenters. The normalized spacial score (nSPS) is 38.0. The highest BCUT2D eigenvalue weighted by Crippen LogP contribution is 2.61. The molecule has 0 aromatic heterocycles. The Morgan fingerprint density at radius 3 is 2.75 bits per heavy atom. The van der Waals surface area contributed by atoms with Gasteiger partial charge in [-0.2, -0.15) is 8.42 Å². The van der Waals surface area contributed by atoms with Crippen LogP contribution in [-0.4, -0.2) is 57.6 Å². The largest absolute Gasteiger partial charge is 0.461 e. The van der Waals surface area contributed by atoms with Crippen LogP contribution in [0.15, 0.2) is 12.7 Å². The third-order valence-electron chi connectivity index (χ3n) is 5.01. The maximum absolute atomic E-state index is 11.9. The van der Waals surface area contributed by atoms with Gasteiger partial charge in [-0.25, -0.2) is 9.59 Å². The molecule has 0 N–H and O–H groups in total. The number of carbonyl (C=O) groups excluding carboxylic acids is 2. The fourth-order valence-corrected chi connectivity index (χ4v) is 6.03. The number of fused-ring (bicyclic) bond motifs is 1. The number of ether oxygens (including phenoxy) is 3. The van der Waals surface area contributed by atoms with Crippen LogP contribution >= 0.6 is 0 Å². The fourth-order valence-electron chi connectivity index (χ4n) is 4.07. The number of carbonyl (C=O) groups is 2. The summed E-state index contributed by atoms with van der Waals surface area (Å²) in [5.74, 6) is -1.40. The molecule has 0 aromatic carbocycles. The van der Waals surface area contributed by atoms with Crippen molar-refractivity contribution in [2.45, 2.75) is 37.2 Å². The Morgan fingerprint density at radius 1 is 1.29 bits per heavy atom. The van der Waals surface area contributed by atoms with Gasteiger partial charge in [-0.1, -0.05) is 13.5 Å². The molecule has 0 amide bonds. The number of rotatable bonds is 7. The van der Waals surface area contributed by atoms with Crippen molar-refractivity contribution in [1.29, 1.82) is 0 Å². The van der Waals surface area contributed by atoms with Crippen molar-refractivity contribution in [2.75, 3.05) is 19.8 Å². The Bertz CT molecular complexity index is 656. The van der Waals surface area contributed by atoms with Crippen molar-refractivity contribution < 1.29 is 36.4 Å². The van der Waals surface area contributed by atoms with Gasteiger partial charge in [0, 0.05) is 12.0 Å². The lowest BCUT2D eigenvalue weighted by molar-refractivity contribution is -0.158. The second-order valence-electron chi connectivity index (χ2n) is 6.64. The summed E-state index contributed by atoms with van der Waals surface area (Å²) in [6.45, 7) is 4.85. The van der Waals surface area contributed by atoms with Gasteiger partial charge in [0.25, 0.3) is 10.1 Å². The molecule has 1 aliphatic heterocycles. The maximum atomic E-state index is 11.9. The van der Waals surface area contributed by atoms with E-state index >= 15 is 0 Å². The van der Waals surface area contributed by atoms with Crippen molar-refractivity contribution in [3.63, 3.8) is 0 Å². The molecule has 3 rings (SSSR count). The number of hydrogen-bond acceptors (Lipinski definition) is 8. The lowest BCUT2D eigenvalue weighted by atomic mass is 9.82. The first-order chi connectivity index (χ1) is 11.3. The van der Waals surface area contributed by atoms with E-state index in [1.807, 2.05) is 6.92 Å². The Balaban J connectivity index is 1.44. The van der Waals surface area contributed by atoms with Gasteiger partial charge in [0.1, 0.15) is 12.7 Å². The van der Waals surface area contributed by atoms with Crippen molar-refractivity contribution in [1.82, 2.24) is 0 Å². The smallest absolute Gasteiger partial charge is 0.344 e. The minimum atomic E-state index is -3.49. The first-order valence-electron chi connectivity index (χ1n) is 7.75. The summed E-state index contributed by atoms with van der Waals surface area (Å²) in [5, 5.41) is -0.412. The molecular weight excluding hydrogens is 340 g/mol. The molecule has 0 spiro atoms. The van der Waals surface area contributed by atoms with Crippen LogP contribution in [-0.2, 0) is 38.1 Å². The van der Waals surface area contributed by atoms with E-state index in [1.54, 1.807) is 0 Å². The van der Waals surface area contributed by atoms with Crippen LogP contribution in [0.25, 0.3) is 0 Å². The second-order valence-corrected chi connectivity index (χ2v) is 8.43.